The van der Waals surface area contributed by atoms with E-state index in [2.05, 4.69) is 17.4 Å². The molecule has 1 aromatic rings. The van der Waals surface area contributed by atoms with Crippen molar-refractivity contribution in [3.05, 3.63) is 29.3 Å². The zero-order valence-corrected chi connectivity index (χ0v) is 12.7. The Morgan fingerprint density at radius 2 is 2.15 bits per heavy atom. The van der Waals surface area contributed by atoms with Crippen molar-refractivity contribution in [2.24, 2.45) is 0 Å². The Morgan fingerprint density at radius 1 is 1.40 bits per heavy atom. The highest BCUT2D eigenvalue weighted by atomic mass is 16.5. The largest absolute Gasteiger partial charge is 0.490 e. The van der Waals surface area contributed by atoms with E-state index in [0.29, 0.717) is 6.42 Å². The number of benzene rings is 1. The number of carbonyl (C=O) groups is 1. The molecule has 0 amide bonds. The van der Waals surface area contributed by atoms with E-state index in [4.69, 9.17) is 9.47 Å². The van der Waals surface area contributed by atoms with Crippen LogP contribution >= 0.6 is 0 Å². The highest BCUT2D eigenvalue weighted by Gasteiger charge is 2.46. The number of methoxy groups -OCH3 is 1. The number of likely N-dealkylation sites (N-methyl/N-ethyl adjacent to an activating group) is 1. The van der Waals surface area contributed by atoms with E-state index >= 15 is 0 Å². The Kier molecular flexibility index (Phi) is 4.33. The summed E-state index contributed by atoms with van der Waals surface area (Å²) < 4.78 is 11.0. The number of aryl methyl sites for hydroxylation is 2. The number of rotatable bonds is 4. The maximum absolute atomic E-state index is 11.9. The minimum Gasteiger partial charge on any atom is -0.490 e. The molecule has 0 aromatic heterocycles. The first-order valence-electron chi connectivity index (χ1n) is 7.02. The molecule has 2 atom stereocenters. The highest BCUT2D eigenvalue weighted by molar-refractivity contribution is 5.81. The maximum atomic E-state index is 11.9. The number of hydrogen-bond acceptors (Lipinski definition) is 4. The lowest BCUT2D eigenvalue weighted by molar-refractivity contribution is -0.148. The van der Waals surface area contributed by atoms with Gasteiger partial charge in [0, 0.05) is 6.42 Å². The average molecular weight is 277 g/mol. The molecule has 2 unspecified atom stereocenters. The van der Waals surface area contributed by atoms with Gasteiger partial charge in [-0.2, -0.15) is 0 Å². The average Bonchev–Trinajstić information content (AvgIpc) is 2.86. The van der Waals surface area contributed by atoms with Gasteiger partial charge >= 0.3 is 5.97 Å². The van der Waals surface area contributed by atoms with Gasteiger partial charge < -0.3 is 14.8 Å². The fraction of sp³-hybridized carbons (Fsp3) is 0.562. The minimum atomic E-state index is -0.600. The van der Waals surface area contributed by atoms with Gasteiger partial charge in [0.05, 0.1) is 7.11 Å². The van der Waals surface area contributed by atoms with E-state index in [-0.39, 0.29) is 12.1 Å². The van der Waals surface area contributed by atoms with Gasteiger partial charge in [0.1, 0.15) is 17.4 Å². The summed E-state index contributed by atoms with van der Waals surface area (Å²) in [5.41, 5.74) is 1.70. The van der Waals surface area contributed by atoms with Gasteiger partial charge in [0.15, 0.2) is 0 Å². The van der Waals surface area contributed by atoms with Gasteiger partial charge in [0.2, 0.25) is 0 Å². The molecule has 1 aliphatic rings. The summed E-state index contributed by atoms with van der Waals surface area (Å²) in [6.45, 7) is 4.09. The summed E-state index contributed by atoms with van der Waals surface area (Å²) in [5.74, 6) is 0.707. The lowest BCUT2D eigenvalue weighted by Gasteiger charge is -2.25. The van der Waals surface area contributed by atoms with Crippen LogP contribution in [0, 0.1) is 13.8 Å². The number of ether oxygens (including phenoxy) is 2. The van der Waals surface area contributed by atoms with Crippen LogP contribution in [0.5, 0.6) is 5.75 Å². The monoisotopic (exact) mass is 277 g/mol. The van der Waals surface area contributed by atoms with Gasteiger partial charge in [-0.25, -0.2) is 0 Å². The van der Waals surface area contributed by atoms with Crippen LogP contribution in [-0.2, 0) is 9.53 Å². The van der Waals surface area contributed by atoms with E-state index in [1.807, 2.05) is 19.9 Å². The second-order valence-electron chi connectivity index (χ2n) is 5.58. The quantitative estimate of drug-likeness (QED) is 0.858. The second kappa shape index (κ2) is 5.83. The summed E-state index contributed by atoms with van der Waals surface area (Å²) in [5, 5.41) is 3.12. The molecular weight excluding hydrogens is 254 g/mol. The van der Waals surface area contributed by atoms with Crippen LogP contribution in [0.25, 0.3) is 0 Å². The first-order valence-corrected chi connectivity index (χ1v) is 7.02. The van der Waals surface area contributed by atoms with E-state index in [9.17, 15) is 4.79 Å². The summed E-state index contributed by atoms with van der Waals surface area (Å²) in [7, 11) is 3.23. The van der Waals surface area contributed by atoms with Crippen LogP contribution in [-0.4, -0.2) is 31.8 Å². The molecule has 1 N–H and O–H groups in total. The normalized spacial score (nSPS) is 25.5. The summed E-state index contributed by atoms with van der Waals surface area (Å²) in [6, 6.07) is 6.18. The molecule has 4 heteroatoms. The fourth-order valence-corrected chi connectivity index (χ4v) is 2.82. The van der Waals surface area contributed by atoms with Crippen molar-refractivity contribution in [3.8, 4) is 5.75 Å². The van der Waals surface area contributed by atoms with Crippen LogP contribution in [0.2, 0.25) is 0 Å². The molecular formula is C16H23NO3. The van der Waals surface area contributed by atoms with E-state index in [0.717, 1.165) is 24.2 Å². The second-order valence-corrected chi connectivity index (χ2v) is 5.58. The molecule has 4 nitrogen and oxygen atoms in total. The number of nitrogens with one attached hydrogen (secondary N) is 1. The molecule has 2 rings (SSSR count). The number of hydrogen-bond donors (Lipinski definition) is 1. The molecule has 20 heavy (non-hydrogen) atoms. The highest BCUT2D eigenvalue weighted by Crippen LogP contribution is 2.34. The van der Waals surface area contributed by atoms with Crippen molar-refractivity contribution in [1.29, 1.82) is 0 Å². The van der Waals surface area contributed by atoms with Crippen LogP contribution < -0.4 is 10.1 Å². The van der Waals surface area contributed by atoms with Gasteiger partial charge in [-0.15, -0.1) is 0 Å². The van der Waals surface area contributed by atoms with Gasteiger partial charge in [-0.3, -0.25) is 4.79 Å². The number of esters is 1. The van der Waals surface area contributed by atoms with E-state index in [1.165, 1.54) is 12.7 Å². The zero-order valence-electron chi connectivity index (χ0n) is 12.7. The Hall–Kier alpha value is -1.55. The lowest BCUT2D eigenvalue weighted by Crippen LogP contribution is -2.49. The molecule has 1 fully saturated rings. The molecule has 0 spiro atoms. The summed E-state index contributed by atoms with van der Waals surface area (Å²) in [4.78, 5) is 11.9. The maximum Gasteiger partial charge on any atom is 0.326 e. The molecule has 1 saturated carbocycles. The molecule has 1 aromatic carbocycles. The number of carbonyl (C=O) groups excluding carboxylic acids is 1. The zero-order chi connectivity index (χ0) is 14.8. The van der Waals surface area contributed by atoms with Crippen molar-refractivity contribution in [3.63, 3.8) is 0 Å². The van der Waals surface area contributed by atoms with Crippen molar-refractivity contribution >= 4 is 5.97 Å². The molecule has 110 valence electrons. The third kappa shape index (κ3) is 2.80. The molecule has 0 bridgehead atoms. The Morgan fingerprint density at radius 3 is 2.80 bits per heavy atom. The van der Waals surface area contributed by atoms with Crippen molar-refractivity contribution < 1.29 is 14.3 Å². The predicted molar refractivity (Wildman–Crippen MR) is 78.0 cm³/mol. The van der Waals surface area contributed by atoms with Crippen LogP contribution in [0.15, 0.2) is 18.2 Å². The third-order valence-electron chi connectivity index (χ3n) is 4.16. The molecule has 0 aliphatic heterocycles. The van der Waals surface area contributed by atoms with Gasteiger partial charge in [0.25, 0.3) is 0 Å². The lowest BCUT2D eigenvalue weighted by atomic mass is 9.98. The molecule has 1 aliphatic carbocycles. The van der Waals surface area contributed by atoms with Gasteiger partial charge in [-0.05, 0) is 50.9 Å². The molecule has 0 radical (unpaired) electrons. The SMILES string of the molecule is CNC1(C(=O)OC)CCC(Oc2cc(C)ccc2C)C1. The third-order valence-corrected chi connectivity index (χ3v) is 4.16. The van der Waals surface area contributed by atoms with Crippen molar-refractivity contribution in [1.82, 2.24) is 5.32 Å². The van der Waals surface area contributed by atoms with Gasteiger partial charge in [-0.1, -0.05) is 12.1 Å². The van der Waals surface area contributed by atoms with Crippen molar-refractivity contribution in [2.45, 2.75) is 44.8 Å². The van der Waals surface area contributed by atoms with Crippen LogP contribution in [0.3, 0.4) is 0 Å². The topological polar surface area (TPSA) is 47.6 Å². The first kappa shape index (κ1) is 14.9. The predicted octanol–water partition coefficient (Wildman–Crippen LogP) is 2.37. The molecule has 0 saturated heterocycles. The standard InChI is InChI=1S/C16H23NO3/c1-11-5-6-12(2)14(9-11)20-13-7-8-16(10-13,17-3)15(18)19-4/h5-6,9,13,17H,7-8,10H2,1-4H3. The Balaban J connectivity index is 2.10. The smallest absolute Gasteiger partial charge is 0.326 e. The first-order chi connectivity index (χ1) is 9.50. The van der Waals surface area contributed by atoms with E-state index in [1.54, 1.807) is 7.05 Å². The summed E-state index contributed by atoms with van der Waals surface area (Å²) in [6.07, 6.45) is 2.28. The fourth-order valence-electron chi connectivity index (χ4n) is 2.82. The van der Waals surface area contributed by atoms with Crippen LogP contribution in [0.1, 0.15) is 30.4 Å². The van der Waals surface area contributed by atoms with E-state index < -0.39 is 5.54 Å². The summed E-state index contributed by atoms with van der Waals surface area (Å²) >= 11 is 0. The van der Waals surface area contributed by atoms with Crippen LogP contribution in [0.4, 0.5) is 0 Å². The Bertz CT molecular complexity index is 500. The molecule has 0 heterocycles. The van der Waals surface area contributed by atoms with Crippen molar-refractivity contribution in [2.75, 3.05) is 14.2 Å². The minimum absolute atomic E-state index is 0.0436. The Labute approximate surface area is 120 Å².